The highest BCUT2D eigenvalue weighted by Gasteiger charge is 2.09. The van der Waals surface area contributed by atoms with Crippen molar-refractivity contribution in [2.45, 2.75) is 4.90 Å². The third-order valence-electron chi connectivity index (χ3n) is 2.41. The highest BCUT2D eigenvalue weighted by Crippen LogP contribution is 2.32. The van der Waals surface area contributed by atoms with Gasteiger partial charge in [-0.05, 0) is 18.4 Å². The van der Waals surface area contributed by atoms with E-state index in [2.05, 4.69) is 15.6 Å². The van der Waals surface area contributed by atoms with E-state index in [9.17, 15) is 4.79 Å². The van der Waals surface area contributed by atoms with Crippen molar-refractivity contribution in [1.82, 2.24) is 10.3 Å². The van der Waals surface area contributed by atoms with Crippen LogP contribution in [0.2, 0.25) is 0 Å². The van der Waals surface area contributed by atoms with Gasteiger partial charge in [0.05, 0.1) is 16.8 Å². The Morgan fingerprint density at radius 2 is 2.37 bits per heavy atom. The molecule has 0 spiro atoms. The molecule has 19 heavy (non-hydrogen) atoms. The molecule has 0 aliphatic rings. The highest BCUT2D eigenvalue weighted by atomic mass is 32.2. The van der Waals surface area contributed by atoms with E-state index in [1.165, 1.54) is 11.3 Å². The molecule has 1 aromatic carbocycles. The number of anilines is 1. The molecule has 2 rings (SSSR count). The molecule has 0 radical (unpaired) electrons. The van der Waals surface area contributed by atoms with Gasteiger partial charge in [-0.15, -0.1) is 11.8 Å². The van der Waals surface area contributed by atoms with Gasteiger partial charge in [0, 0.05) is 18.6 Å². The van der Waals surface area contributed by atoms with Crippen molar-refractivity contribution in [2.75, 3.05) is 31.8 Å². The van der Waals surface area contributed by atoms with E-state index in [-0.39, 0.29) is 6.03 Å². The molecule has 0 atom stereocenters. The molecule has 102 valence electrons. The van der Waals surface area contributed by atoms with Crippen LogP contribution < -0.4 is 10.6 Å². The van der Waals surface area contributed by atoms with Gasteiger partial charge < -0.3 is 10.1 Å². The Morgan fingerprint density at radius 3 is 3.11 bits per heavy atom. The number of hydrogen-bond acceptors (Lipinski definition) is 5. The summed E-state index contributed by atoms with van der Waals surface area (Å²) in [6.45, 7) is 0.965. The Morgan fingerprint density at radius 1 is 1.53 bits per heavy atom. The van der Waals surface area contributed by atoms with Gasteiger partial charge in [0.1, 0.15) is 0 Å². The van der Waals surface area contributed by atoms with Crippen LogP contribution >= 0.6 is 23.1 Å². The fraction of sp³-hybridized carbons (Fsp3) is 0.333. The van der Waals surface area contributed by atoms with Crippen molar-refractivity contribution in [3.8, 4) is 0 Å². The Hall–Kier alpha value is -1.31. The van der Waals surface area contributed by atoms with E-state index >= 15 is 0 Å². The fourth-order valence-corrected chi connectivity index (χ4v) is 3.07. The minimum absolute atomic E-state index is 0.262. The molecule has 0 bridgehead atoms. The number of thioether (sulfide) groups is 1. The predicted molar refractivity (Wildman–Crippen MR) is 80.3 cm³/mol. The molecule has 0 aliphatic carbocycles. The molecule has 1 aromatic heterocycles. The Balaban J connectivity index is 2.07. The third kappa shape index (κ3) is 3.59. The lowest BCUT2D eigenvalue weighted by Crippen LogP contribution is -2.31. The summed E-state index contributed by atoms with van der Waals surface area (Å²) in [6.07, 6.45) is 2.01. The van der Waals surface area contributed by atoms with Gasteiger partial charge in [0.2, 0.25) is 0 Å². The van der Waals surface area contributed by atoms with Crippen LogP contribution in [0.15, 0.2) is 23.1 Å². The number of rotatable bonds is 5. The van der Waals surface area contributed by atoms with Crippen LogP contribution in [0, 0.1) is 0 Å². The smallest absolute Gasteiger partial charge is 0.321 e. The van der Waals surface area contributed by atoms with E-state index in [0.29, 0.717) is 18.3 Å². The summed E-state index contributed by atoms with van der Waals surface area (Å²) in [6, 6.07) is 5.76. The molecule has 0 saturated heterocycles. The number of hydrogen-bond donors (Lipinski definition) is 2. The molecule has 0 unspecified atom stereocenters. The lowest BCUT2D eigenvalue weighted by atomic mass is 10.3. The van der Waals surface area contributed by atoms with E-state index in [1.807, 2.05) is 24.5 Å². The normalized spacial score (nSPS) is 10.6. The number of carbonyl (C=O) groups excluding carboxylic acids is 1. The van der Waals surface area contributed by atoms with Crippen LogP contribution in [0.1, 0.15) is 0 Å². The van der Waals surface area contributed by atoms with E-state index in [0.717, 1.165) is 15.1 Å². The molecule has 0 aliphatic heterocycles. The molecule has 1 heterocycles. The van der Waals surface area contributed by atoms with E-state index in [4.69, 9.17) is 4.74 Å². The number of para-hydroxylation sites is 1. The number of nitrogens with zero attached hydrogens (tertiary/aromatic N) is 1. The van der Waals surface area contributed by atoms with Crippen LogP contribution in [0.25, 0.3) is 10.2 Å². The van der Waals surface area contributed by atoms with Crippen molar-refractivity contribution < 1.29 is 9.53 Å². The zero-order chi connectivity index (χ0) is 13.7. The van der Waals surface area contributed by atoms with E-state index < -0.39 is 0 Å². The van der Waals surface area contributed by atoms with Crippen LogP contribution in [0.5, 0.6) is 0 Å². The average Bonchev–Trinajstić information content (AvgIpc) is 2.80. The molecule has 2 amide bonds. The SMILES string of the molecule is COCCNC(=O)Nc1nc2c(SC)cccc2s1. The lowest BCUT2D eigenvalue weighted by Gasteiger charge is -2.03. The second kappa shape index (κ2) is 6.74. The quantitative estimate of drug-likeness (QED) is 0.658. The summed E-state index contributed by atoms with van der Waals surface area (Å²) in [5.41, 5.74) is 0.937. The molecule has 2 aromatic rings. The van der Waals surface area contributed by atoms with E-state index in [1.54, 1.807) is 18.9 Å². The minimum Gasteiger partial charge on any atom is -0.383 e. The Bertz CT molecular complexity index is 571. The number of thiazole rings is 1. The monoisotopic (exact) mass is 297 g/mol. The van der Waals surface area contributed by atoms with Gasteiger partial charge >= 0.3 is 6.03 Å². The molecular weight excluding hydrogens is 282 g/mol. The number of amides is 2. The first-order valence-corrected chi connectivity index (χ1v) is 7.76. The van der Waals surface area contributed by atoms with Gasteiger partial charge in [0.25, 0.3) is 0 Å². The van der Waals surface area contributed by atoms with Crippen LogP contribution in [0.4, 0.5) is 9.93 Å². The van der Waals surface area contributed by atoms with Gasteiger partial charge in [-0.25, -0.2) is 9.78 Å². The maximum atomic E-state index is 11.6. The number of nitrogens with one attached hydrogen (secondary N) is 2. The molecule has 0 fully saturated rings. The van der Waals surface area contributed by atoms with Gasteiger partial charge in [0.15, 0.2) is 5.13 Å². The first-order chi connectivity index (χ1) is 9.24. The summed E-state index contributed by atoms with van der Waals surface area (Å²) >= 11 is 3.11. The maximum Gasteiger partial charge on any atom is 0.321 e. The van der Waals surface area contributed by atoms with Crippen molar-refractivity contribution in [2.24, 2.45) is 0 Å². The minimum atomic E-state index is -0.262. The number of urea groups is 1. The number of benzene rings is 1. The van der Waals surface area contributed by atoms with Gasteiger partial charge in [-0.3, -0.25) is 5.32 Å². The van der Waals surface area contributed by atoms with Crippen molar-refractivity contribution in [1.29, 1.82) is 0 Å². The summed E-state index contributed by atoms with van der Waals surface area (Å²) in [5, 5.41) is 6.03. The average molecular weight is 297 g/mol. The first kappa shape index (κ1) is 14.1. The number of ether oxygens (including phenoxy) is 1. The molecule has 0 saturated carbocycles. The second-order valence-electron chi connectivity index (χ2n) is 3.70. The van der Waals surface area contributed by atoms with Crippen molar-refractivity contribution in [3.63, 3.8) is 0 Å². The number of methoxy groups -OCH3 is 1. The number of carbonyl (C=O) groups is 1. The van der Waals surface area contributed by atoms with Crippen LogP contribution in [-0.4, -0.2) is 37.5 Å². The predicted octanol–water partition coefficient (Wildman–Crippen LogP) is 2.79. The number of aromatic nitrogens is 1. The summed E-state index contributed by atoms with van der Waals surface area (Å²) < 4.78 is 5.93. The largest absolute Gasteiger partial charge is 0.383 e. The van der Waals surface area contributed by atoms with Gasteiger partial charge in [-0.2, -0.15) is 0 Å². The van der Waals surface area contributed by atoms with Crippen LogP contribution in [0.3, 0.4) is 0 Å². The molecule has 5 nitrogen and oxygen atoms in total. The first-order valence-electron chi connectivity index (χ1n) is 5.72. The Kier molecular flexibility index (Phi) is 5.00. The second-order valence-corrected chi connectivity index (χ2v) is 5.58. The summed E-state index contributed by atoms with van der Waals surface area (Å²) in [7, 11) is 1.59. The van der Waals surface area contributed by atoms with Crippen molar-refractivity contribution >= 4 is 44.5 Å². The van der Waals surface area contributed by atoms with Crippen LogP contribution in [-0.2, 0) is 4.74 Å². The van der Waals surface area contributed by atoms with Gasteiger partial charge in [-0.1, -0.05) is 17.4 Å². The highest BCUT2D eigenvalue weighted by molar-refractivity contribution is 7.98. The zero-order valence-electron chi connectivity index (χ0n) is 10.7. The third-order valence-corrected chi connectivity index (χ3v) is 4.12. The Labute approximate surface area is 119 Å². The van der Waals surface area contributed by atoms with Crippen molar-refractivity contribution in [3.05, 3.63) is 18.2 Å². The topological polar surface area (TPSA) is 63.2 Å². The molecule has 2 N–H and O–H groups in total. The summed E-state index contributed by atoms with van der Waals surface area (Å²) in [5.74, 6) is 0. The lowest BCUT2D eigenvalue weighted by molar-refractivity contribution is 0.198. The number of fused-ring (bicyclic) bond motifs is 1. The maximum absolute atomic E-state index is 11.6. The summed E-state index contributed by atoms with van der Waals surface area (Å²) in [4.78, 5) is 17.2. The standard InChI is InChI=1S/C12H15N3O2S2/c1-17-7-6-13-11(16)15-12-14-10-8(18-2)4-3-5-9(10)19-12/h3-5H,6-7H2,1-2H3,(H2,13,14,15,16). The molecule has 7 heteroatoms. The molecular formula is C12H15N3O2S2. The fourth-order valence-electron chi connectivity index (χ4n) is 1.55. The zero-order valence-corrected chi connectivity index (χ0v) is 12.4.